The molecule has 3 atom stereocenters. The zero-order valence-electron chi connectivity index (χ0n) is 9.28. The molecule has 1 saturated heterocycles. The van der Waals surface area contributed by atoms with Crippen LogP contribution in [0, 0.1) is 5.92 Å². The number of rotatable bonds is 3. The van der Waals surface area contributed by atoms with E-state index in [4.69, 9.17) is 0 Å². The van der Waals surface area contributed by atoms with E-state index in [1.165, 1.54) is 0 Å². The molecule has 2 fully saturated rings. The Hall–Kier alpha value is -0.610. The number of likely N-dealkylation sites (N-methyl/N-ethyl adjacent to an activating group) is 1. The van der Waals surface area contributed by atoms with E-state index in [1.807, 2.05) is 11.9 Å². The number of hydrogen-bond acceptors (Lipinski definition) is 3. The van der Waals surface area contributed by atoms with Gasteiger partial charge in [0.2, 0.25) is 5.91 Å². The van der Waals surface area contributed by atoms with Crippen molar-refractivity contribution in [3.05, 3.63) is 0 Å². The maximum Gasteiger partial charge on any atom is 0.239 e. The summed E-state index contributed by atoms with van der Waals surface area (Å²) in [5.74, 6) is 0.515. The Morgan fingerprint density at radius 1 is 1.47 bits per heavy atom. The van der Waals surface area contributed by atoms with E-state index in [2.05, 4.69) is 5.32 Å². The summed E-state index contributed by atoms with van der Waals surface area (Å²) in [5.41, 5.74) is 0. The van der Waals surface area contributed by atoms with Gasteiger partial charge in [0, 0.05) is 19.0 Å². The molecule has 1 aliphatic heterocycles. The first-order valence-electron chi connectivity index (χ1n) is 5.86. The number of carbonyl (C=O) groups is 1. The summed E-state index contributed by atoms with van der Waals surface area (Å²) in [6, 6.07) is 0.00328. The van der Waals surface area contributed by atoms with Gasteiger partial charge in [-0.2, -0.15) is 0 Å². The van der Waals surface area contributed by atoms with Gasteiger partial charge in [0.1, 0.15) is 0 Å². The molecule has 2 aliphatic rings. The summed E-state index contributed by atoms with van der Waals surface area (Å²) < 4.78 is 0. The molecular formula is C11H20N2O2. The fourth-order valence-corrected chi connectivity index (χ4v) is 2.70. The topological polar surface area (TPSA) is 52.6 Å². The van der Waals surface area contributed by atoms with Gasteiger partial charge < -0.3 is 15.3 Å². The monoisotopic (exact) mass is 212 g/mol. The first-order chi connectivity index (χ1) is 7.22. The average Bonchev–Trinajstić information content (AvgIpc) is 2.77. The highest BCUT2D eigenvalue weighted by Crippen LogP contribution is 2.27. The molecule has 2 N–H and O–H groups in total. The number of likely N-dealkylation sites (tertiary alicyclic amines) is 1. The molecule has 0 radical (unpaired) electrons. The van der Waals surface area contributed by atoms with Crippen molar-refractivity contribution in [2.24, 2.45) is 5.92 Å². The van der Waals surface area contributed by atoms with Gasteiger partial charge >= 0.3 is 0 Å². The highest BCUT2D eigenvalue weighted by Gasteiger charge is 2.34. The minimum absolute atomic E-state index is 0.00328. The zero-order chi connectivity index (χ0) is 10.8. The van der Waals surface area contributed by atoms with Crippen LogP contribution in [0.5, 0.6) is 0 Å². The Morgan fingerprint density at radius 3 is 2.80 bits per heavy atom. The van der Waals surface area contributed by atoms with Crippen LogP contribution in [0.1, 0.15) is 25.7 Å². The van der Waals surface area contributed by atoms with Crippen LogP contribution in [0.4, 0.5) is 0 Å². The van der Waals surface area contributed by atoms with Gasteiger partial charge in [-0.15, -0.1) is 0 Å². The fraction of sp³-hybridized carbons (Fsp3) is 0.909. The molecule has 2 rings (SSSR count). The Balaban J connectivity index is 1.87. The van der Waals surface area contributed by atoms with E-state index in [1.54, 1.807) is 0 Å². The third-order valence-corrected chi connectivity index (χ3v) is 3.72. The molecule has 0 aromatic rings. The second kappa shape index (κ2) is 4.49. The van der Waals surface area contributed by atoms with E-state index >= 15 is 0 Å². The van der Waals surface area contributed by atoms with E-state index in [0.717, 1.165) is 38.8 Å². The van der Waals surface area contributed by atoms with E-state index in [0.29, 0.717) is 5.92 Å². The summed E-state index contributed by atoms with van der Waals surface area (Å²) in [5, 5.41) is 12.7. The Morgan fingerprint density at radius 2 is 2.27 bits per heavy atom. The lowest BCUT2D eigenvalue weighted by atomic mass is 10.1. The summed E-state index contributed by atoms with van der Waals surface area (Å²) in [4.78, 5) is 13.7. The third kappa shape index (κ3) is 2.16. The van der Waals surface area contributed by atoms with Crippen LogP contribution >= 0.6 is 0 Å². The second-order valence-corrected chi connectivity index (χ2v) is 4.67. The normalized spacial score (nSPS) is 36.5. The average molecular weight is 212 g/mol. The van der Waals surface area contributed by atoms with Crippen LogP contribution in [0.2, 0.25) is 0 Å². The highest BCUT2D eigenvalue weighted by atomic mass is 16.3. The van der Waals surface area contributed by atoms with Crippen molar-refractivity contribution in [1.82, 2.24) is 10.2 Å². The predicted octanol–water partition coefficient (Wildman–Crippen LogP) is -0.0323. The van der Waals surface area contributed by atoms with Gasteiger partial charge in [-0.05, 0) is 26.3 Å². The lowest BCUT2D eigenvalue weighted by molar-refractivity contribution is -0.130. The lowest BCUT2D eigenvalue weighted by Gasteiger charge is -2.23. The molecule has 1 saturated carbocycles. The molecule has 4 heteroatoms. The second-order valence-electron chi connectivity index (χ2n) is 4.67. The van der Waals surface area contributed by atoms with Crippen molar-refractivity contribution < 1.29 is 9.90 Å². The van der Waals surface area contributed by atoms with Crippen LogP contribution in [-0.2, 0) is 4.79 Å². The number of amides is 1. The summed E-state index contributed by atoms with van der Waals surface area (Å²) in [6.45, 7) is 1.59. The number of aliphatic hydroxyl groups is 1. The van der Waals surface area contributed by atoms with Gasteiger partial charge in [0.05, 0.1) is 12.1 Å². The number of nitrogens with one attached hydrogen (secondary N) is 1. The molecule has 0 aromatic heterocycles. The zero-order valence-corrected chi connectivity index (χ0v) is 9.28. The molecule has 4 nitrogen and oxygen atoms in total. The maximum atomic E-state index is 11.8. The third-order valence-electron chi connectivity index (χ3n) is 3.72. The Kier molecular flexibility index (Phi) is 3.26. The standard InChI is InChI=1S/C11H20N2O2/c1-12-9-5-6-13(11(9)15)7-8-3-2-4-10(8)14/h8-10,12,14H,2-7H2,1H3. The van der Waals surface area contributed by atoms with Gasteiger partial charge in [-0.1, -0.05) is 6.42 Å². The lowest BCUT2D eigenvalue weighted by Crippen LogP contribution is -2.39. The minimum atomic E-state index is -0.188. The van der Waals surface area contributed by atoms with Crippen molar-refractivity contribution in [1.29, 1.82) is 0 Å². The molecular weight excluding hydrogens is 192 g/mol. The highest BCUT2D eigenvalue weighted by molar-refractivity contribution is 5.83. The largest absolute Gasteiger partial charge is 0.393 e. The minimum Gasteiger partial charge on any atom is -0.393 e. The van der Waals surface area contributed by atoms with E-state index in [-0.39, 0.29) is 18.1 Å². The van der Waals surface area contributed by atoms with E-state index < -0.39 is 0 Å². The smallest absolute Gasteiger partial charge is 0.239 e. The first-order valence-corrected chi connectivity index (χ1v) is 5.86. The molecule has 15 heavy (non-hydrogen) atoms. The maximum absolute atomic E-state index is 11.8. The van der Waals surface area contributed by atoms with E-state index in [9.17, 15) is 9.90 Å². The molecule has 1 amide bonds. The summed E-state index contributed by atoms with van der Waals surface area (Å²) in [6.07, 6.45) is 3.78. The van der Waals surface area contributed by atoms with Crippen molar-refractivity contribution in [3.63, 3.8) is 0 Å². The van der Waals surface area contributed by atoms with Crippen molar-refractivity contribution in [2.75, 3.05) is 20.1 Å². The molecule has 1 heterocycles. The van der Waals surface area contributed by atoms with Crippen molar-refractivity contribution >= 4 is 5.91 Å². The molecule has 3 unspecified atom stereocenters. The van der Waals surface area contributed by atoms with Gasteiger partial charge in [-0.25, -0.2) is 0 Å². The van der Waals surface area contributed by atoms with Crippen LogP contribution in [0.15, 0.2) is 0 Å². The van der Waals surface area contributed by atoms with Crippen molar-refractivity contribution in [2.45, 2.75) is 37.8 Å². The fourth-order valence-electron chi connectivity index (χ4n) is 2.70. The molecule has 1 aliphatic carbocycles. The summed E-state index contributed by atoms with van der Waals surface area (Å²) >= 11 is 0. The van der Waals surface area contributed by atoms with Crippen LogP contribution < -0.4 is 5.32 Å². The number of hydrogen-bond donors (Lipinski definition) is 2. The number of nitrogens with zero attached hydrogens (tertiary/aromatic N) is 1. The van der Waals surface area contributed by atoms with Crippen LogP contribution in [0.3, 0.4) is 0 Å². The molecule has 0 bridgehead atoms. The molecule has 0 spiro atoms. The number of carbonyl (C=O) groups excluding carboxylic acids is 1. The van der Waals surface area contributed by atoms with Crippen molar-refractivity contribution in [3.8, 4) is 0 Å². The number of aliphatic hydroxyl groups excluding tert-OH is 1. The molecule has 0 aromatic carbocycles. The van der Waals surface area contributed by atoms with Crippen LogP contribution in [-0.4, -0.2) is 48.2 Å². The predicted molar refractivity (Wildman–Crippen MR) is 57.4 cm³/mol. The summed E-state index contributed by atoms with van der Waals surface area (Å²) in [7, 11) is 1.83. The Bertz CT molecular complexity index is 245. The SMILES string of the molecule is CNC1CCN(CC2CCCC2O)C1=O. The Labute approximate surface area is 90.6 Å². The quantitative estimate of drug-likeness (QED) is 0.690. The first kappa shape index (κ1) is 10.9. The van der Waals surface area contributed by atoms with Gasteiger partial charge in [-0.3, -0.25) is 4.79 Å². The molecule has 86 valence electrons. The van der Waals surface area contributed by atoms with Gasteiger partial charge in [0.25, 0.3) is 0 Å². The van der Waals surface area contributed by atoms with Crippen LogP contribution in [0.25, 0.3) is 0 Å². The van der Waals surface area contributed by atoms with Gasteiger partial charge in [0.15, 0.2) is 0 Å².